The van der Waals surface area contributed by atoms with Crippen LogP contribution in [-0.4, -0.2) is 11.2 Å². The lowest BCUT2D eigenvalue weighted by molar-refractivity contribution is -0.0893. The third-order valence-corrected chi connectivity index (χ3v) is 1.87. The van der Waals surface area contributed by atoms with E-state index in [0.29, 0.717) is 5.56 Å². The van der Waals surface area contributed by atoms with E-state index in [-0.39, 0.29) is 5.56 Å². The van der Waals surface area contributed by atoms with Gasteiger partial charge in [-0.1, -0.05) is 23.8 Å². The third-order valence-electron chi connectivity index (χ3n) is 1.87. The van der Waals surface area contributed by atoms with Crippen LogP contribution in [0.1, 0.15) is 11.1 Å². The van der Waals surface area contributed by atoms with Gasteiger partial charge in [0.15, 0.2) is 0 Å². The molecule has 0 radical (unpaired) electrons. The van der Waals surface area contributed by atoms with Crippen molar-refractivity contribution in [3.8, 4) is 6.07 Å². The normalized spacial score (nSPS) is 13.4. The summed E-state index contributed by atoms with van der Waals surface area (Å²) in [6, 6.07) is 6.69. The van der Waals surface area contributed by atoms with Crippen molar-refractivity contribution in [3.63, 3.8) is 0 Å². The zero-order valence-corrected chi connectivity index (χ0v) is 7.54. The van der Waals surface area contributed by atoms with Crippen molar-refractivity contribution in [3.05, 3.63) is 35.4 Å². The van der Waals surface area contributed by atoms with Crippen LogP contribution in [0.15, 0.2) is 24.3 Å². The Morgan fingerprint density at radius 1 is 1.50 bits per heavy atom. The summed E-state index contributed by atoms with van der Waals surface area (Å²) < 4.78 is 26.5. The molecule has 74 valence electrons. The van der Waals surface area contributed by atoms with Crippen molar-refractivity contribution >= 4 is 0 Å². The van der Waals surface area contributed by atoms with Gasteiger partial charge in [0.05, 0.1) is 0 Å². The summed E-state index contributed by atoms with van der Waals surface area (Å²) in [4.78, 5) is 0. The number of aryl methyl sites for hydroxylation is 1. The molecule has 0 aliphatic carbocycles. The summed E-state index contributed by atoms with van der Waals surface area (Å²) in [5, 5.41) is 17.0. The van der Waals surface area contributed by atoms with E-state index >= 15 is 0 Å². The van der Waals surface area contributed by atoms with Crippen LogP contribution in [0.5, 0.6) is 0 Å². The van der Waals surface area contributed by atoms with Gasteiger partial charge in [-0.2, -0.15) is 14.0 Å². The second kappa shape index (κ2) is 3.72. The fourth-order valence-electron chi connectivity index (χ4n) is 1.09. The lowest BCUT2D eigenvalue weighted by atomic mass is 10.0. The Hall–Kier alpha value is -1.47. The monoisotopic (exact) mass is 197 g/mol. The van der Waals surface area contributed by atoms with E-state index in [2.05, 4.69) is 0 Å². The predicted octanol–water partition coefficient (Wildman–Crippen LogP) is 1.97. The number of nitrogens with zero attached hydrogens (tertiary/aromatic N) is 1. The molecule has 1 aromatic rings. The molecule has 2 nitrogen and oxygen atoms in total. The first-order valence-corrected chi connectivity index (χ1v) is 4.01. The van der Waals surface area contributed by atoms with Crippen molar-refractivity contribution in [1.82, 2.24) is 0 Å². The molecule has 1 atom stereocenters. The van der Waals surface area contributed by atoms with Crippen LogP contribution in [0.25, 0.3) is 0 Å². The summed E-state index contributed by atoms with van der Waals surface area (Å²) in [6.45, 7) is 1.67. The molecular formula is C10H9F2NO. The van der Waals surface area contributed by atoms with Gasteiger partial charge in [0.2, 0.25) is 6.10 Å². The van der Waals surface area contributed by atoms with Crippen LogP contribution in [0, 0.1) is 18.3 Å². The largest absolute Gasteiger partial charge is 0.373 e. The Bertz CT molecular complexity index is 371. The lowest BCUT2D eigenvalue weighted by Gasteiger charge is -2.17. The molecule has 0 saturated heterocycles. The quantitative estimate of drug-likeness (QED) is 0.736. The van der Waals surface area contributed by atoms with Gasteiger partial charge in [0, 0.05) is 5.56 Å². The minimum Gasteiger partial charge on any atom is -0.373 e. The Balaban J connectivity index is 3.10. The fourth-order valence-corrected chi connectivity index (χ4v) is 1.09. The van der Waals surface area contributed by atoms with E-state index in [1.807, 2.05) is 0 Å². The van der Waals surface area contributed by atoms with Gasteiger partial charge in [-0.25, -0.2) is 0 Å². The highest BCUT2D eigenvalue weighted by atomic mass is 19.3. The van der Waals surface area contributed by atoms with Crippen LogP contribution < -0.4 is 0 Å². The molecule has 0 heterocycles. The first-order valence-electron chi connectivity index (χ1n) is 4.01. The minimum absolute atomic E-state index is 0.341. The summed E-state index contributed by atoms with van der Waals surface area (Å²) in [6.07, 6.45) is -2.30. The van der Waals surface area contributed by atoms with E-state index in [1.165, 1.54) is 18.2 Å². The topological polar surface area (TPSA) is 44.0 Å². The number of aliphatic hydroxyl groups excluding tert-OH is 1. The number of hydrogen-bond acceptors (Lipinski definition) is 2. The number of aliphatic hydroxyl groups is 1. The van der Waals surface area contributed by atoms with E-state index in [1.54, 1.807) is 13.0 Å². The highest BCUT2D eigenvalue weighted by Crippen LogP contribution is 2.31. The summed E-state index contributed by atoms with van der Waals surface area (Å²) in [5.41, 5.74) is 0.318. The Morgan fingerprint density at radius 3 is 2.64 bits per heavy atom. The number of benzene rings is 1. The minimum atomic E-state index is -3.51. The Labute approximate surface area is 80.4 Å². The average Bonchev–Trinajstić information content (AvgIpc) is 2.16. The van der Waals surface area contributed by atoms with Crippen molar-refractivity contribution in [2.45, 2.75) is 19.0 Å². The van der Waals surface area contributed by atoms with Gasteiger partial charge < -0.3 is 5.11 Å². The Kier molecular flexibility index (Phi) is 2.82. The van der Waals surface area contributed by atoms with Gasteiger partial charge in [-0.3, -0.25) is 0 Å². The molecular weight excluding hydrogens is 188 g/mol. The fraction of sp³-hybridized carbons (Fsp3) is 0.300. The van der Waals surface area contributed by atoms with Crippen molar-refractivity contribution in [2.75, 3.05) is 0 Å². The molecule has 1 unspecified atom stereocenters. The molecule has 4 heteroatoms. The van der Waals surface area contributed by atoms with Crippen LogP contribution in [-0.2, 0) is 5.92 Å². The van der Waals surface area contributed by atoms with Crippen LogP contribution in [0.3, 0.4) is 0 Å². The predicted molar refractivity (Wildman–Crippen MR) is 46.7 cm³/mol. The maximum Gasteiger partial charge on any atom is 0.311 e. The van der Waals surface area contributed by atoms with Gasteiger partial charge >= 0.3 is 5.92 Å². The van der Waals surface area contributed by atoms with Crippen molar-refractivity contribution in [1.29, 1.82) is 5.26 Å². The molecule has 1 rings (SSSR count). The molecule has 14 heavy (non-hydrogen) atoms. The molecule has 0 bridgehead atoms. The van der Waals surface area contributed by atoms with E-state index < -0.39 is 12.0 Å². The van der Waals surface area contributed by atoms with Crippen LogP contribution in [0.4, 0.5) is 8.78 Å². The first-order chi connectivity index (χ1) is 6.48. The summed E-state index contributed by atoms with van der Waals surface area (Å²) in [5.74, 6) is -3.51. The summed E-state index contributed by atoms with van der Waals surface area (Å²) in [7, 11) is 0. The smallest absolute Gasteiger partial charge is 0.311 e. The molecule has 1 N–H and O–H groups in total. The number of alkyl halides is 2. The molecule has 0 saturated carbocycles. The molecule has 0 amide bonds. The molecule has 0 spiro atoms. The molecule has 1 aromatic carbocycles. The highest BCUT2D eigenvalue weighted by molar-refractivity contribution is 5.28. The second-order valence-electron chi connectivity index (χ2n) is 3.02. The van der Waals surface area contributed by atoms with Gasteiger partial charge in [-0.05, 0) is 13.0 Å². The standard InChI is InChI=1S/C10H9F2NO/c1-7-3-2-4-8(5-7)10(11,12)9(14)6-13/h2-5,9,14H,1H3. The zero-order valence-electron chi connectivity index (χ0n) is 7.54. The Morgan fingerprint density at radius 2 is 2.14 bits per heavy atom. The van der Waals surface area contributed by atoms with E-state index in [0.717, 1.165) is 6.07 Å². The SMILES string of the molecule is Cc1cccc(C(F)(F)C(O)C#N)c1. The highest BCUT2D eigenvalue weighted by Gasteiger charge is 2.40. The van der Waals surface area contributed by atoms with Crippen LogP contribution >= 0.6 is 0 Å². The van der Waals surface area contributed by atoms with Gasteiger partial charge in [0.25, 0.3) is 0 Å². The molecule has 0 aliphatic rings. The van der Waals surface area contributed by atoms with E-state index in [4.69, 9.17) is 10.4 Å². The second-order valence-corrected chi connectivity index (χ2v) is 3.02. The maximum atomic E-state index is 13.3. The molecule has 0 aliphatic heterocycles. The number of rotatable bonds is 2. The van der Waals surface area contributed by atoms with Gasteiger partial charge in [-0.15, -0.1) is 0 Å². The number of nitriles is 1. The average molecular weight is 197 g/mol. The van der Waals surface area contributed by atoms with Crippen molar-refractivity contribution < 1.29 is 13.9 Å². The molecule has 0 aromatic heterocycles. The summed E-state index contributed by atoms with van der Waals surface area (Å²) >= 11 is 0. The van der Waals surface area contributed by atoms with Gasteiger partial charge in [0.1, 0.15) is 6.07 Å². The zero-order chi connectivity index (χ0) is 10.8. The molecule has 0 fully saturated rings. The maximum absolute atomic E-state index is 13.3. The first kappa shape index (κ1) is 10.6. The van der Waals surface area contributed by atoms with E-state index in [9.17, 15) is 8.78 Å². The number of hydrogen-bond donors (Lipinski definition) is 1. The van der Waals surface area contributed by atoms with Crippen LogP contribution in [0.2, 0.25) is 0 Å². The lowest BCUT2D eigenvalue weighted by Crippen LogP contribution is -2.29. The third kappa shape index (κ3) is 1.88. The van der Waals surface area contributed by atoms with Crippen molar-refractivity contribution in [2.24, 2.45) is 0 Å². The number of halogens is 2.